The number of aromatic nitrogens is 1. The summed E-state index contributed by atoms with van der Waals surface area (Å²) in [5.74, 6) is -2.25. The Labute approximate surface area is 278 Å². The van der Waals surface area contributed by atoms with Crippen LogP contribution >= 0.6 is 0 Å². The second-order valence-electron chi connectivity index (χ2n) is 13.6. The lowest BCUT2D eigenvalue weighted by Crippen LogP contribution is -2.49. The Morgan fingerprint density at radius 3 is 2.35 bits per heavy atom. The lowest BCUT2D eigenvalue weighted by Gasteiger charge is -2.36. The summed E-state index contributed by atoms with van der Waals surface area (Å²) in [6.45, 7) is 6.80. The van der Waals surface area contributed by atoms with Crippen molar-refractivity contribution in [1.29, 1.82) is 0 Å². The van der Waals surface area contributed by atoms with Crippen LogP contribution in [0.2, 0.25) is 0 Å². The van der Waals surface area contributed by atoms with Gasteiger partial charge in [-0.15, -0.1) is 0 Å². The van der Waals surface area contributed by atoms with Crippen LogP contribution in [-0.4, -0.2) is 71.3 Å². The van der Waals surface area contributed by atoms with E-state index in [4.69, 9.17) is 9.47 Å². The van der Waals surface area contributed by atoms with Crippen LogP contribution in [0.25, 0.3) is 10.9 Å². The largest absolute Gasteiger partial charge is 0.461 e. The van der Waals surface area contributed by atoms with Gasteiger partial charge in [-0.1, -0.05) is 12.1 Å². The van der Waals surface area contributed by atoms with E-state index in [0.29, 0.717) is 60.9 Å². The molecule has 0 spiro atoms. The van der Waals surface area contributed by atoms with E-state index in [9.17, 15) is 28.0 Å². The predicted molar refractivity (Wildman–Crippen MR) is 177 cm³/mol. The zero-order valence-corrected chi connectivity index (χ0v) is 27.8. The molecule has 10 nitrogen and oxygen atoms in total. The molecule has 48 heavy (non-hydrogen) atoms. The maximum Gasteiger partial charge on any atom is 0.407 e. The molecule has 1 saturated carbocycles. The highest BCUT2D eigenvalue weighted by atomic mass is 19.1. The van der Waals surface area contributed by atoms with Crippen molar-refractivity contribution >= 4 is 40.5 Å². The minimum Gasteiger partial charge on any atom is -0.461 e. The molecule has 3 amide bonds. The number of H-pyrrole nitrogens is 1. The number of rotatable bonds is 9. The van der Waals surface area contributed by atoms with Crippen LogP contribution < -0.4 is 10.6 Å². The SMILES string of the molecule is CCOC(=O)c1cc2cc(NC(=O)[C@H]3[C@@H](c4ccc(F)cc4)CCN3C(=O)C3CCC([C@@H](CF)NC(=O)OC(C)(C)C)CC3)ccc2[nH]1. The van der Waals surface area contributed by atoms with Gasteiger partial charge in [-0.25, -0.2) is 18.4 Å². The third-order valence-corrected chi connectivity index (χ3v) is 9.19. The minimum atomic E-state index is -0.842. The molecule has 2 aliphatic rings. The van der Waals surface area contributed by atoms with Gasteiger partial charge in [0.15, 0.2) is 0 Å². The maximum atomic E-state index is 14.0. The zero-order valence-electron chi connectivity index (χ0n) is 27.8. The molecule has 3 atom stereocenters. The number of aromatic amines is 1. The monoisotopic (exact) mass is 666 g/mol. The van der Waals surface area contributed by atoms with Crippen LogP contribution in [-0.2, 0) is 19.1 Å². The molecule has 3 aromatic rings. The first kappa shape index (κ1) is 34.8. The number of esters is 1. The van der Waals surface area contributed by atoms with Crippen LogP contribution in [0.4, 0.5) is 19.3 Å². The van der Waals surface area contributed by atoms with Gasteiger partial charge in [-0.3, -0.25) is 9.59 Å². The number of hydrogen-bond acceptors (Lipinski definition) is 6. The van der Waals surface area contributed by atoms with Crippen molar-refractivity contribution in [2.45, 2.75) is 83.4 Å². The van der Waals surface area contributed by atoms with Crippen molar-refractivity contribution in [3.63, 3.8) is 0 Å². The van der Waals surface area contributed by atoms with Crippen LogP contribution in [0.3, 0.4) is 0 Å². The summed E-state index contributed by atoms with van der Waals surface area (Å²) in [4.78, 5) is 57.2. The first-order chi connectivity index (χ1) is 22.9. The zero-order chi connectivity index (χ0) is 34.6. The molecule has 5 rings (SSSR count). The second kappa shape index (κ2) is 14.7. The van der Waals surface area contributed by atoms with Crippen LogP contribution in [0.5, 0.6) is 0 Å². The molecule has 258 valence electrons. The maximum absolute atomic E-state index is 14.0. The molecular formula is C36H44F2N4O6. The van der Waals surface area contributed by atoms with E-state index in [1.165, 1.54) is 12.1 Å². The number of anilines is 1. The lowest BCUT2D eigenvalue weighted by molar-refractivity contribution is -0.141. The smallest absolute Gasteiger partial charge is 0.407 e. The van der Waals surface area contributed by atoms with Gasteiger partial charge in [0.05, 0.1) is 12.6 Å². The molecule has 0 radical (unpaired) electrons. The standard InChI is InChI=1S/C36H44F2N4O6/c1-5-47-34(45)29-19-24-18-26(14-15-28(24)40-29)39-32(43)31-27(21-10-12-25(38)13-11-21)16-17-42(31)33(44)23-8-6-22(7-9-23)30(20-37)41-35(46)48-36(2,3)4/h10-15,18-19,22-23,27,30-31,40H,5-9,16-17,20H2,1-4H3,(H,39,43)(H,41,46)/t22?,23?,27-,30-,31-/m1/s1. The highest BCUT2D eigenvalue weighted by Crippen LogP contribution is 2.39. The summed E-state index contributed by atoms with van der Waals surface area (Å²) in [5, 5.41) is 6.33. The fourth-order valence-corrected chi connectivity index (χ4v) is 6.91. The van der Waals surface area contributed by atoms with E-state index in [1.54, 1.807) is 69.0 Å². The van der Waals surface area contributed by atoms with Gasteiger partial charge in [0.25, 0.3) is 0 Å². The topological polar surface area (TPSA) is 130 Å². The average molecular weight is 667 g/mol. The number of nitrogens with one attached hydrogen (secondary N) is 3. The average Bonchev–Trinajstić information content (AvgIpc) is 3.68. The molecule has 1 aliphatic heterocycles. The Kier molecular flexibility index (Phi) is 10.7. The molecule has 0 unspecified atom stereocenters. The number of likely N-dealkylation sites (tertiary alicyclic amines) is 1. The normalized spacial score (nSPS) is 21.8. The molecule has 2 aromatic carbocycles. The quantitative estimate of drug-likeness (QED) is 0.224. The number of nitrogens with zero attached hydrogens (tertiary/aromatic N) is 1. The fraction of sp³-hybridized carbons (Fsp3) is 0.500. The van der Waals surface area contributed by atoms with Gasteiger partial charge in [-0.05, 0) is 108 Å². The first-order valence-electron chi connectivity index (χ1n) is 16.6. The predicted octanol–water partition coefficient (Wildman–Crippen LogP) is 6.48. The number of carbonyl (C=O) groups is 4. The molecule has 1 aromatic heterocycles. The molecule has 0 bridgehead atoms. The molecule has 2 heterocycles. The number of amides is 3. The fourth-order valence-electron chi connectivity index (χ4n) is 6.91. The molecule has 3 N–H and O–H groups in total. The number of fused-ring (bicyclic) bond motifs is 1. The summed E-state index contributed by atoms with van der Waals surface area (Å²) >= 11 is 0. The van der Waals surface area contributed by atoms with E-state index < -0.39 is 42.2 Å². The number of benzene rings is 2. The molecule has 1 aliphatic carbocycles. The number of alkyl carbamates (subject to hydrolysis) is 1. The van der Waals surface area contributed by atoms with Gasteiger partial charge in [-0.2, -0.15) is 0 Å². The number of ether oxygens (including phenoxy) is 2. The third-order valence-electron chi connectivity index (χ3n) is 9.19. The van der Waals surface area contributed by atoms with E-state index in [-0.39, 0.29) is 36.2 Å². The minimum absolute atomic E-state index is 0.143. The van der Waals surface area contributed by atoms with Gasteiger partial charge >= 0.3 is 12.1 Å². The van der Waals surface area contributed by atoms with Crippen LogP contribution in [0.1, 0.15) is 81.8 Å². The van der Waals surface area contributed by atoms with Crippen molar-refractivity contribution in [2.24, 2.45) is 11.8 Å². The number of alkyl halides is 1. The Balaban J connectivity index is 1.30. The summed E-state index contributed by atoms with van der Waals surface area (Å²) in [6.07, 6.45) is 1.92. The molecular weight excluding hydrogens is 622 g/mol. The highest BCUT2D eigenvalue weighted by molar-refractivity contribution is 6.01. The van der Waals surface area contributed by atoms with Crippen molar-refractivity contribution in [3.05, 3.63) is 65.6 Å². The third kappa shape index (κ3) is 8.14. The summed E-state index contributed by atoms with van der Waals surface area (Å²) in [7, 11) is 0. The second-order valence-corrected chi connectivity index (χ2v) is 13.6. The lowest BCUT2D eigenvalue weighted by atomic mass is 9.78. The highest BCUT2D eigenvalue weighted by Gasteiger charge is 2.45. The van der Waals surface area contributed by atoms with Crippen molar-refractivity contribution < 1.29 is 37.4 Å². The van der Waals surface area contributed by atoms with Gasteiger partial charge in [0.1, 0.15) is 29.8 Å². The number of halogens is 2. The summed E-state index contributed by atoms with van der Waals surface area (Å²) < 4.78 is 38.2. The molecule has 1 saturated heterocycles. The van der Waals surface area contributed by atoms with E-state index in [0.717, 1.165) is 5.56 Å². The van der Waals surface area contributed by atoms with Gasteiger partial charge < -0.3 is 30.0 Å². The van der Waals surface area contributed by atoms with Gasteiger partial charge in [0, 0.05) is 35.0 Å². The van der Waals surface area contributed by atoms with E-state index in [1.807, 2.05) is 0 Å². The Morgan fingerprint density at radius 2 is 1.71 bits per heavy atom. The van der Waals surface area contributed by atoms with E-state index >= 15 is 0 Å². The Morgan fingerprint density at radius 1 is 1.00 bits per heavy atom. The van der Waals surface area contributed by atoms with Crippen LogP contribution in [0.15, 0.2) is 48.5 Å². The van der Waals surface area contributed by atoms with Crippen LogP contribution in [0, 0.1) is 17.7 Å². The Bertz CT molecular complexity index is 1630. The van der Waals surface area contributed by atoms with Crippen molar-refractivity contribution in [1.82, 2.24) is 15.2 Å². The number of carbonyl (C=O) groups excluding carboxylic acids is 4. The summed E-state index contributed by atoms with van der Waals surface area (Å²) in [5.41, 5.74) is 1.54. The first-order valence-corrected chi connectivity index (χ1v) is 16.6. The molecule has 2 fully saturated rings. The van der Waals surface area contributed by atoms with Crippen molar-refractivity contribution in [2.75, 3.05) is 25.1 Å². The molecule has 12 heteroatoms. The van der Waals surface area contributed by atoms with Crippen molar-refractivity contribution in [3.8, 4) is 0 Å². The summed E-state index contributed by atoms with van der Waals surface area (Å²) in [6, 6.07) is 11.3. The Hall–Kier alpha value is -4.48. The van der Waals surface area contributed by atoms with E-state index in [2.05, 4.69) is 15.6 Å². The number of hydrogen-bond donors (Lipinski definition) is 3. The van der Waals surface area contributed by atoms with Gasteiger partial charge in [0.2, 0.25) is 11.8 Å².